The Balaban J connectivity index is 4.03. The first-order valence-corrected chi connectivity index (χ1v) is 5.80. The first-order valence-electron chi connectivity index (χ1n) is 4.86. The molecule has 1 unspecified atom stereocenters. The topological polar surface area (TPSA) is 26.3 Å². The molecule has 0 rings (SSSR count). The highest BCUT2D eigenvalue weighted by molar-refractivity contribution is 7.17. The lowest BCUT2D eigenvalue weighted by Crippen LogP contribution is -2.27. The van der Waals surface area contributed by atoms with E-state index in [4.69, 9.17) is 4.52 Å². The summed E-state index contributed by atoms with van der Waals surface area (Å²) in [5.74, 6) is 0. The number of unbranched alkanes of at least 4 members (excludes halogenated alkanes) is 1. The van der Waals surface area contributed by atoms with Gasteiger partial charge in [0.15, 0.2) is 8.69 Å². The van der Waals surface area contributed by atoms with E-state index < -0.39 is 8.69 Å². The second kappa shape index (κ2) is 6.68. The molecule has 0 heterocycles. The third kappa shape index (κ3) is 3.73. The Morgan fingerprint density at radius 3 is 2.17 bits per heavy atom. The molecule has 12 heavy (non-hydrogen) atoms. The van der Waals surface area contributed by atoms with Crippen molar-refractivity contribution in [1.29, 1.82) is 0 Å². The molecule has 0 saturated carbocycles. The van der Waals surface area contributed by atoms with Crippen molar-refractivity contribution in [2.45, 2.75) is 58.5 Å². The predicted molar refractivity (Wildman–Crippen MR) is 54.3 cm³/mol. The van der Waals surface area contributed by atoms with Crippen LogP contribution in [0.15, 0.2) is 0 Å². The monoisotopic (exact) mass is 192 g/mol. The van der Waals surface area contributed by atoms with Crippen molar-refractivity contribution in [1.82, 2.24) is 0 Å². The number of hydrogen-bond donors (Lipinski definition) is 0. The van der Waals surface area contributed by atoms with E-state index in [0.29, 0.717) is 0 Å². The van der Waals surface area contributed by atoms with Crippen LogP contribution in [0.5, 0.6) is 0 Å². The van der Waals surface area contributed by atoms with Gasteiger partial charge < -0.3 is 4.52 Å². The van der Waals surface area contributed by atoms with Gasteiger partial charge in [0.2, 0.25) is 0 Å². The minimum absolute atomic E-state index is 0.0902. The predicted octanol–water partition coefficient (Wildman–Crippen LogP) is 3.42. The van der Waals surface area contributed by atoms with Crippen LogP contribution < -0.4 is 0 Å². The number of rotatable bonds is 7. The summed E-state index contributed by atoms with van der Waals surface area (Å²) in [5.41, 5.74) is -0.0902. The van der Waals surface area contributed by atoms with Crippen molar-refractivity contribution in [3.63, 3.8) is 0 Å². The molecular weight excluding hydrogens is 171 g/mol. The fourth-order valence-electron chi connectivity index (χ4n) is 1.43. The summed E-state index contributed by atoms with van der Waals surface area (Å²) in [6.45, 7) is 6.38. The molecule has 0 radical (unpaired) electrons. The van der Waals surface area contributed by atoms with Gasteiger partial charge >= 0.3 is 0 Å². The summed E-state index contributed by atoms with van der Waals surface area (Å²) in [4.78, 5) is 0. The lowest BCUT2D eigenvalue weighted by molar-refractivity contribution is 0.0634. The van der Waals surface area contributed by atoms with Gasteiger partial charge in [-0.1, -0.05) is 33.6 Å². The van der Waals surface area contributed by atoms with E-state index >= 15 is 0 Å². The van der Waals surface area contributed by atoms with Crippen LogP contribution in [-0.2, 0) is 9.09 Å². The Bertz CT molecular complexity index is 122. The van der Waals surface area contributed by atoms with E-state index in [1.54, 1.807) is 0 Å². The minimum atomic E-state index is -1.05. The van der Waals surface area contributed by atoms with Gasteiger partial charge in [-0.25, -0.2) is 0 Å². The van der Waals surface area contributed by atoms with Crippen LogP contribution in [0.1, 0.15) is 52.9 Å². The Morgan fingerprint density at radius 2 is 1.83 bits per heavy atom. The summed E-state index contributed by atoms with van der Waals surface area (Å²) in [6.07, 6.45) is 5.34. The molecule has 0 bridgehead atoms. The molecule has 0 aromatic carbocycles. The zero-order valence-corrected chi connectivity index (χ0v) is 9.58. The minimum Gasteiger partial charge on any atom is -0.326 e. The first kappa shape index (κ1) is 12.2. The Hall–Kier alpha value is 0.190. The Morgan fingerprint density at radius 1 is 1.25 bits per heavy atom. The second-order valence-corrected chi connectivity index (χ2v) is 3.64. The van der Waals surface area contributed by atoms with Crippen LogP contribution in [0.2, 0.25) is 0 Å². The highest BCUT2D eigenvalue weighted by Crippen LogP contribution is 2.30. The lowest BCUT2D eigenvalue weighted by Gasteiger charge is -2.29. The molecule has 0 N–H and O–H groups in total. The van der Waals surface area contributed by atoms with Gasteiger partial charge in [-0.15, -0.1) is 0 Å². The Kier molecular flexibility index (Phi) is 6.78. The summed E-state index contributed by atoms with van der Waals surface area (Å²) in [7, 11) is -1.05. The molecule has 1 atom stereocenters. The van der Waals surface area contributed by atoms with Gasteiger partial charge in [-0.3, -0.25) is 4.57 Å². The van der Waals surface area contributed by atoms with Gasteiger partial charge in [0.1, 0.15) is 0 Å². The molecule has 74 valence electrons. The maximum absolute atomic E-state index is 10.5. The van der Waals surface area contributed by atoms with Crippen LogP contribution in [-0.4, -0.2) is 5.60 Å². The van der Waals surface area contributed by atoms with Crippen molar-refractivity contribution in [2.75, 3.05) is 0 Å². The molecular formula is C9H21O2P. The van der Waals surface area contributed by atoms with Gasteiger partial charge in [0.25, 0.3) is 0 Å². The average Bonchev–Trinajstić information content (AvgIpc) is 2.13. The summed E-state index contributed by atoms with van der Waals surface area (Å²) in [5, 5.41) is 0. The zero-order valence-electron chi connectivity index (χ0n) is 8.43. The molecule has 0 aliphatic carbocycles. The van der Waals surface area contributed by atoms with Crippen LogP contribution in [0.25, 0.3) is 0 Å². The van der Waals surface area contributed by atoms with Crippen LogP contribution in [0.3, 0.4) is 0 Å². The van der Waals surface area contributed by atoms with E-state index in [9.17, 15) is 4.57 Å². The smallest absolute Gasteiger partial charge is 0.180 e. The van der Waals surface area contributed by atoms with Gasteiger partial charge in [-0.2, -0.15) is 0 Å². The molecule has 0 fully saturated rings. The van der Waals surface area contributed by atoms with Crippen molar-refractivity contribution in [2.24, 2.45) is 0 Å². The van der Waals surface area contributed by atoms with Crippen LogP contribution in [0.4, 0.5) is 0 Å². The highest BCUT2D eigenvalue weighted by Gasteiger charge is 2.25. The Labute approximate surface area is 77.0 Å². The average molecular weight is 192 g/mol. The summed E-state index contributed by atoms with van der Waals surface area (Å²) < 4.78 is 15.8. The third-order valence-electron chi connectivity index (χ3n) is 2.57. The van der Waals surface area contributed by atoms with Crippen LogP contribution in [0, 0.1) is 0 Å². The number of hydrogen-bond acceptors (Lipinski definition) is 2. The molecule has 2 nitrogen and oxygen atoms in total. The molecule has 0 saturated heterocycles. The molecule has 0 amide bonds. The fourth-order valence-corrected chi connectivity index (χ4v) is 2.09. The highest BCUT2D eigenvalue weighted by atomic mass is 31.1. The molecule has 0 aliphatic heterocycles. The third-order valence-corrected chi connectivity index (χ3v) is 3.17. The van der Waals surface area contributed by atoms with Crippen molar-refractivity contribution >= 4 is 8.69 Å². The van der Waals surface area contributed by atoms with Gasteiger partial charge in [0.05, 0.1) is 5.60 Å². The maximum Gasteiger partial charge on any atom is 0.180 e. The molecule has 0 aliphatic rings. The van der Waals surface area contributed by atoms with E-state index in [-0.39, 0.29) is 5.60 Å². The van der Waals surface area contributed by atoms with E-state index in [1.165, 1.54) is 12.8 Å². The maximum atomic E-state index is 10.5. The van der Waals surface area contributed by atoms with Crippen LogP contribution >= 0.6 is 8.69 Å². The van der Waals surface area contributed by atoms with Crippen molar-refractivity contribution in [3.05, 3.63) is 0 Å². The van der Waals surface area contributed by atoms with E-state index in [0.717, 1.165) is 19.3 Å². The SMILES string of the molecule is CCCCC(CC)(CC)O[PH2]=O. The van der Waals surface area contributed by atoms with E-state index in [2.05, 4.69) is 20.8 Å². The van der Waals surface area contributed by atoms with Crippen molar-refractivity contribution < 1.29 is 9.09 Å². The summed E-state index contributed by atoms with van der Waals surface area (Å²) >= 11 is 0. The standard InChI is InChI=1S/C9H21O2P/c1-4-7-8-9(5-2,6-3)11-12-10/h4-8,12H2,1-3H3. The van der Waals surface area contributed by atoms with E-state index in [1.807, 2.05) is 0 Å². The molecule has 0 aromatic heterocycles. The summed E-state index contributed by atoms with van der Waals surface area (Å²) in [6, 6.07) is 0. The molecule has 0 spiro atoms. The van der Waals surface area contributed by atoms with Crippen molar-refractivity contribution in [3.8, 4) is 0 Å². The zero-order chi connectivity index (χ0) is 9.45. The van der Waals surface area contributed by atoms with Gasteiger partial charge in [-0.05, 0) is 19.3 Å². The second-order valence-electron chi connectivity index (χ2n) is 3.21. The molecule has 0 aromatic rings. The first-order chi connectivity index (χ1) is 5.74. The lowest BCUT2D eigenvalue weighted by atomic mass is 9.91. The fraction of sp³-hybridized carbons (Fsp3) is 1.00. The quantitative estimate of drug-likeness (QED) is 0.578. The largest absolute Gasteiger partial charge is 0.326 e. The molecule has 3 heteroatoms. The van der Waals surface area contributed by atoms with Gasteiger partial charge in [0, 0.05) is 0 Å². The normalized spacial score (nSPS) is 12.9.